The minimum absolute atomic E-state index is 0.659. The molecule has 0 fully saturated rings. The normalized spacial score (nSPS) is 24.0. The summed E-state index contributed by atoms with van der Waals surface area (Å²) in [6, 6.07) is 35.6. The minimum atomic E-state index is -0.707. The zero-order chi connectivity index (χ0) is 18.8. The van der Waals surface area contributed by atoms with Crippen LogP contribution in [0.25, 0.3) is 0 Å². The molecule has 0 saturated heterocycles. The number of fused-ring (bicyclic) bond motifs is 8. The molecular weight excluding hydrogens is 364 g/mol. The van der Waals surface area contributed by atoms with E-state index in [9.17, 15) is 0 Å². The number of hydrogen-bond acceptors (Lipinski definition) is 1. The third-order valence-electron chi connectivity index (χ3n) is 6.10. The first-order chi connectivity index (χ1) is 13.8. The highest BCUT2D eigenvalue weighted by Gasteiger charge is 2.64. The Labute approximate surface area is 169 Å². The number of halogens is 1. The van der Waals surface area contributed by atoms with Gasteiger partial charge in [0.05, 0.1) is 0 Å². The lowest BCUT2D eigenvalue weighted by Crippen LogP contribution is -2.27. The molecule has 4 aromatic rings. The highest BCUT2D eigenvalue weighted by atomic mass is 35.5. The van der Waals surface area contributed by atoms with Crippen LogP contribution in [-0.2, 0) is 15.9 Å². The van der Waals surface area contributed by atoms with Crippen molar-refractivity contribution in [2.75, 3.05) is 0 Å². The first kappa shape index (κ1) is 16.1. The summed E-state index contributed by atoms with van der Waals surface area (Å²) < 4.78 is 7.16. The van der Waals surface area contributed by atoms with Crippen molar-refractivity contribution in [3.63, 3.8) is 0 Å². The maximum absolute atomic E-state index is 7.16. The van der Waals surface area contributed by atoms with Gasteiger partial charge in [-0.15, -0.1) is 0 Å². The van der Waals surface area contributed by atoms with Crippen LogP contribution in [0, 0.1) is 0 Å². The molecular formula is C26H17ClO. The van der Waals surface area contributed by atoms with E-state index in [1.807, 2.05) is 24.3 Å². The minimum Gasteiger partial charge on any atom is -0.340 e. The van der Waals surface area contributed by atoms with Gasteiger partial charge in [0, 0.05) is 16.1 Å². The number of benzene rings is 4. The first-order valence-electron chi connectivity index (χ1n) is 9.49. The summed E-state index contributed by atoms with van der Waals surface area (Å²) in [6.45, 7) is 0. The quantitative estimate of drug-likeness (QED) is 0.398. The molecule has 6 rings (SSSR count). The second-order valence-corrected chi connectivity index (χ2v) is 7.81. The van der Waals surface area contributed by atoms with E-state index >= 15 is 0 Å². The average molecular weight is 381 g/mol. The Morgan fingerprint density at radius 1 is 0.500 bits per heavy atom. The third kappa shape index (κ3) is 1.76. The monoisotopic (exact) mass is 380 g/mol. The van der Waals surface area contributed by atoms with Crippen LogP contribution in [0.3, 0.4) is 0 Å². The molecule has 0 aliphatic carbocycles. The maximum Gasteiger partial charge on any atom is 0.148 e. The second-order valence-electron chi connectivity index (χ2n) is 7.40. The van der Waals surface area contributed by atoms with Crippen LogP contribution < -0.4 is 0 Å². The van der Waals surface area contributed by atoms with Crippen molar-refractivity contribution in [1.29, 1.82) is 0 Å². The van der Waals surface area contributed by atoms with Crippen molar-refractivity contribution >= 4 is 11.6 Å². The largest absolute Gasteiger partial charge is 0.340 e. The van der Waals surface area contributed by atoms with E-state index in [0.717, 1.165) is 27.3 Å². The third-order valence-corrected chi connectivity index (χ3v) is 6.41. The van der Waals surface area contributed by atoms with Gasteiger partial charge in [0.1, 0.15) is 11.2 Å². The Morgan fingerprint density at radius 3 is 1.64 bits per heavy atom. The highest BCUT2D eigenvalue weighted by molar-refractivity contribution is 6.31. The summed E-state index contributed by atoms with van der Waals surface area (Å²) >= 11 is 6.84. The van der Waals surface area contributed by atoms with E-state index in [4.69, 9.17) is 16.3 Å². The van der Waals surface area contributed by atoms with Crippen molar-refractivity contribution in [2.45, 2.75) is 11.2 Å². The predicted octanol–water partition coefficient (Wildman–Crippen LogP) is 6.27. The van der Waals surface area contributed by atoms with E-state index in [1.54, 1.807) is 0 Å². The van der Waals surface area contributed by atoms with Gasteiger partial charge in [-0.05, 0) is 28.3 Å². The summed E-state index contributed by atoms with van der Waals surface area (Å²) in [6.07, 6.45) is 0. The SMILES string of the molecule is Clc1cccc2c1C1(c3ccccc3)OC2(c2ccccc2)c2ccccc21. The molecule has 2 atom stereocenters. The smallest absolute Gasteiger partial charge is 0.148 e. The molecule has 2 unspecified atom stereocenters. The van der Waals surface area contributed by atoms with Crippen molar-refractivity contribution in [1.82, 2.24) is 0 Å². The van der Waals surface area contributed by atoms with E-state index < -0.39 is 11.2 Å². The average Bonchev–Trinajstić information content (AvgIpc) is 3.26. The van der Waals surface area contributed by atoms with E-state index in [0.29, 0.717) is 0 Å². The lowest BCUT2D eigenvalue weighted by molar-refractivity contribution is -0.0257. The molecule has 1 nitrogen and oxygen atoms in total. The number of hydrogen-bond donors (Lipinski definition) is 0. The van der Waals surface area contributed by atoms with Crippen LogP contribution in [-0.4, -0.2) is 0 Å². The summed E-state index contributed by atoms with van der Waals surface area (Å²) in [4.78, 5) is 0. The van der Waals surface area contributed by atoms with Crippen molar-refractivity contribution in [3.05, 3.63) is 142 Å². The predicted molar refractivity (Wildman–Crippen MR) is 112 cm³/mol. The van der Waals surface area contributed by atoms with Crippen LogP contribution in [0.15, 0.2) is 103 Å². The van der Waals surface area contributed by atoms with Crippen LogP contribution in [0.5, 0.6) is 0 Å². The summed E-state index contributed by atoms with van der Waals surface area (Å²) in [5, 5.41) is 0.744. The molecule has 134 valence electrons. The molecule has 0 N–H and O–H groups in total. The van der Waals surface area contributed by atoms with Crippen LogP contribution in [0.1, 0.15) is 33.4 Å². The number of rotatable bonds is 2. The molecule has 0 spiro atoms. The van der Waals surface area contributed by atoms with Gasteiger partial charge < -0.3 is 4.74 Å². The van der Waals surface area contributed by atoms with Gasteiger partial charge in [-0.2, -0.15) is 0 Å². The Bertz CT molecular complexity index is 1200. The topological polar surface area (TPSA) is 9.23 Å². The van der Waals surface area contributed by atoms with Crippen molar-refractivity contribution in [2.24, 2.45) is 0 Å². The highest BCUT2D eigenvalue weighted by Crippen LogP contribution is 2.66. The van der Waals surface area contributed by atoms with Crippen LogP contribution in [0.2, 0.25) is 5.02 Å². The molecule has 2 heterocycles. The Morgan fingerprint density at radius 2 is 1.00 bits per heavy atom. The van der Waals surface area contributed by atoms with Gasteiger partial charge in [0.15, 0.2) is 0 Å². The van der Waals surface area contributed by atoms with Gasteiger partial charge in [-0.3, -0.25) is 0 Å². The lowest BCUT2D eigenvalue weighted by Gasteiger charge is -2.31. The van der Waals surface area contributed by atoms with E-state index in [1.165, 1.54) is 11.1 Å². The standard InChI is InChI=1S/C26H17ClO/c27-23-17-9-16-22-24(23)26(19-12-5-2-6-13-19)21-15-8-7-14-20(21)25(22,28-26)18-10-3-1-4-11-18/h1-17H. The second kappa shape index (κ2) is 5.57. The fourth-order valence-corrected chi connectivity index (χ4v) is 5.38. The van der Waals surface area contributed by atoms with Crippen LogP contribution >= 0.6 is 11.6 Å². The lowest BCUT2D eigenvalue weighted by atomic mass is 9.68. The van der Waals surface area contributed by atoms with Crippen molar-refractivity contribution < 1.29 is 4.74 Å². The maximum atomic E-state index is 7.16. The van der Waals surface area contributed by atoms with E-state index in [-0.39, 0.29) is 0 Å². The van der Waals surface area contributed by atoms with Gasteiger partial charge in [0.25, 0.3) is 0 Å². The molecule has 2 aliphatic heterocycles. The molecule has 0 amide bonds. The molecule has 0 aromatic heterocycles. The molecule has 0 saturated carbocycles. The van der Waals surface area contributed by atoms with Crippen molar-refractivity contribution in [3.8, 4) is 0 Å². The molecule has 4 aromatic carbocycles. The zero-order valence-electron chi connectivity index (χ0n) is 15.1. The Hall–Kier alpha value is -2.87. The Kier molecular flexibility index (Phi) is 3.21. The van der Waals surface area contributed by atoms with Gasteiger partial charge in [-0.25, -0.2) is 0 Å². The Balaban J connectivity index is 1.81. The first-order valence-corrected chi connectivity index (χ1v) is 9.87. The summed E-state index contributed by atoms with van der Waals surface area (Å²) in [7, 11) is 0. The fraction of sp³-hybridized carbons (Fsp3) is 0.0769. The summed E-state index contributed by atoms with van der Waals surface area (Å²) in [5.74, 6) is 0. The molecule has 28 heavy (non-hydrogen) atoms. The van der Waals surface area contributed by atoms with Gasteiger partial charge >= 0.3 is 0 Å². The van der Waals surface area contributed by atoms with Gasteiger partial charge in [-0.1, -0.05) is 109 Å². The van der Waals surface area contributed by atoms with Crippen LogP contribution in [0.4, 0.5) is 0 Å². The molecule has 2 aliphatic rings. The number of ether oxygens (including phenoxy) is 1. The van der Waals surface area contributed by atoms with Gasteiger partial charge in [0.2, 0.25) is 0 Å². The zero-order valence-corrected chi connectivity index (χ0v) is 15.9. The van der Waals surface area contributed by atoms with E-state index in [2.05, 4.69) is 78.9 Å². The molecule has 2 bridgehead atoms. The fourth-order valence-electron chi connectivity index (χ4n) is 5.07. The molecule has 0 radical (unpaired) electrons. The molecule has 2 heteroatoms. The summed E-state index contributed by atoms with van der Waals surface area (Å²) in [5.41, 5.74) is 5.42.